The Kier molecular flexibility index (Phi) is 4.60. The smallest absolute Gasteiger partial charge is 0.303 e. The van der Waals surface area contributed by atoms with E-state index in [1.807, 2.05) is 13.8 Å². The first kappa shape index (κ1) is 12.0. The zero-order valence-corrected chi connectivity index (χ0v) is 9.82. The molecule has 2 atom stereocenters. The van der Waals surface area contributed by atoms with Gasteiger partial charge in [-0.2, -0.15) is 0 Å². The third-order valence-electron chi connectivity index (χ3n) is 2.57. The van der Waals surface area contributed by atoms with Gasteiger partial charge in [0.25, 0.3) is 0 Å². The summed E-state index contributed by atoms with van der Waals surface area (Å²) < 4.78 is 5.35. The maximum absolute atomic E-state index is 11.0. The van der Waals surface area contributed by atoms with Crippen molar-refractivity contribution in [2.24, 2.45) is 5.92 Å². The van der Waals surface area contributed by atoms with Crippen LogP contribution in [0.25, 0.3) is 0 Å². The van der Waals surface area contributed by atoms with Gasteiger partial charge in [0.05, 0.1) is 0 Å². The van der Waals surface area contributed by atoms with E-state index < -0.39 is 0 Å². The minimum atomic E-state index is -0.188. The van der Waals surface area contributed by atoms with Crippen molar-refractivity contribution in [2.45, 2.75) is 46.1 Å². The monoisotopic (exact) mass is 208 g/mol. The van der Waals surface area contributed by atoms with E-state index in [4.69, 9.17) is 4.74 Å². The van der Waals surface area contributed by atoms with Crippen molar-refractivity contribution in [1.82, 2.24) is 0 Å². The van der Waals surface area contributed by atoms with Crippen LogP contribution < -0.4 is 0 Å². The lowest BCUT2D eigenvalue weighted by Crippen LogP contribution is -2.25. The van der Waals surface area contributed by atoms with Crippen molar-refractivity contribution < 1.29 is 9.53 Å². The van der Waals surface area contributed by atoms with E-state index in [0.717, 1.165) is 19.3 Å². The molecule has 0 saturated heterocycles. The Labute approximate surface area is 92.0 Å². The number of esters is 1. The van der Waals surface area contributed by atoms with Crippen molar-refractivity contribution in [1.29, 1.82) is 0 Å². The molecule has 2 nitrogen and oxygen atoms in total. The Bertz CT molecular complexity index is 272. The van der Waals surface area contributed by atoms with E-state index in [2.05, 4.69) is 18.2 Å². The highest BCUT2D eigenvalue weighted by atomic mass is 16.5. The Morgan fingerprint density at radius 1 is 1.40 bits per heavy atom. The van der Waals surface area contributed by atoms with E-state index in [0.29, 0.717) is 5.92 Å². The summed E-state index contributed by atoms with van der Waals surface area (Å²) in [5.74, 6) is 0.265. The van der Waals surface area contributed by atoms with Crippen molar-refractivity contribution in [3.8, 4) is 0 Å². The fraction of sp³-hybridized carbons (Fsp3) is 0.615. The molecule has 84 valence electrons. The summed E-state index contributed by atoms with van der Waals surface area (Å²) >= 11 is 0. The van der Waals surface area contributed by atoms with Gasteiger partial charge in [-0.15, -0.1) is 0 Å². The minimum Gasteiger partial charge on any atom is -0.458 e. The molecule has 0 aliphatic heterocycles. The van der Waals surface area contributed by atoms with Gasteiger partial charge in [-0.05, 0) is 39.2 Å². The average Bonchev–Trinajstić information content (AvgIpc) is 2.17. The third-order valence-corrected chi connectivity index (χ3v) is 2.57. The van der Waals surface area contributed by atoms with Gasteiger partial charge >= 0.3 is 5.97 Å². The lowest BCUT2D eigenvalue weighted by atomic mass is 9.88. The molecule has 0 radical (unpaired) electrons. The molecule has 0 N–H and O–H groups in total. The lowest BCUT2D eigenvalue weighted by Gasteiger charge is -2.25. The number of hydrogen-bond acceptors (Lipinski definition) is 2. The molecule has 0 fully saturated rings. The van der Waals surface area contributed by atoms with Gasteiger partial charge in [-0.1, -0.05) is 17.7 Å². The molecule has 1 aliphatic rings. The van der Waals surface area contributed by atoms with Crippen LogP contribution in [0.5, 0.6) is 0 Å². The van der Waals surface area contributed by atoms with E-state index in [1.54, 1.807) is 0 Å². The van der Waals surface area contributed by atoms with Crippen LogP contribution >= 0.6 is 0 Å². The Morgan fingerprint density at radius 3 is 2.60 bits per heavy atom. The van der Waals surface area contributed by atoms with Crippen LogP contribution in [0.1, 0.15) is 40.0 Å². The normalized spacial score (nSPS) is 21.9. The predicted molar refractivity (Wildman–Crippen MR) is 61.5 cm³/mol. The number of ether oxygens (including phenoxy) is 1. The van der Waals surface area contributed by atoms with Crippen molar-refractivity contribution in [3.05, 3.63) is 23.8 Å². The number of hydrogen-bond donors (Lipinski definition) is 0. The summed E-state index contributed by atoms with van der Waals surface area (Å²) in [5, 5.41) is 0. The van der Waals surface area contributed by atoms with Gasteiger partial charge in [-0.25, -0.2) is 0 Å². The van der Waals surface area contributed by atoms with Crippen LogP contribution in [-0.4, -0.2) is 12.1 Å². The van der Waals surface area contributed by atoms with Crippen LogP contribution in [-0.2, 0) is 9.53 Å². The van der Waals surface area contributed by atoms with Gasteiger partial charge in [-0.3, -0.25) is 4.79 Å². The van der Waals surface area contributed by atoms with Crippen LogP contribution in [0.15, 0.2) is 23.8 Å². The molecule has 1 rings (SSSR count). The summed E-state index contributed by atoms with van der Waals surface area (Å²) in [7, 11) is 0. The highest BCUT2D eigenvalue weighted by Gasteiger charge is 2.22. The van der Waals surface area contributed by atoms with Gasteiger partial charge < -0.3 is 4.74 Å². The Morgan fingerprint density at radius 2 is 2.13 bits per heavy atom. The predicted octanol–water partition coefficient (Wildman–Crippen LogP) is 3.24. The van der Waals surface area contributed by atoms with Gasteiger partial charge in [0.2, 0.25) is 0 Å². The van der Waals surface area contributed by atoms with Crippen molar-refractivity contribution in [3.63, 3.8) is 0 Å². The standard InChI is InChI=1S/C13H20O2/c1-10(2)9-13(15-11(3)14)12-7-5-4-6-8-12/h4-5,9,12-13H,6-8H2,1-3H3. The third kappa shape index (κ3) is 4.32. The molecule has 0 spiro atoms. The first-order valence-corrected chi connectivity index (χ1v) is 5.57. The number of rotatable bonds is 3. The van der Waals surface area contributed by atoms with Crippen LogP contribution in [0.4, 0.5) is 0 Å². The molecule has 0 heterocycles. The van der Waals surface area contributed by atoms with Crippen molar-refractivity contribution >= 4 is 5.97 Å². The summed E-state index contributed by atoms with van der Waals surface area (Å²) in [5.41, 5.74) is 1.20. The van der Waals surface area contributed by atoms with Gasteiger partial charge in [0.15, 0.2) is 0 Å². The van der Waals surface area contributed by atoms with Crippen molar-refractivity contribution in [2.75, 3.05) is 0 Å². The molecular formula is C13H20O2. The SMILES string of the molecule is CC(=O)OC(C=C(C)C)C1CC=CCC1. The maximum atomic E-state index is 11.0. The summed E-state index contributed by atoms with van der Waals surface area (Å²) in [6.07, 6.45) is 9.62. The quantitative estimate of drug-likeness (QED) is 0.525. The zero-order valence-electron chi connectivity index (χ0n) is 9.82. The Hall–Kier alpha value is -1.05. The molecule has 2 heteroatoms. The Balaban J connectivity index is 2.66. The molecule has 1 aliphatic carbocycles. The number of allylic oxidation sites excluding steroid dienone is 3. The van der Waals surface area contributed by atoms with E-state index in [9.17, 15) is 4.79 Å². The van der Waals surface area contributed by atoms with Gasteiger partial charge in [0, 0.05) is 12.8 Å². The topological polar surface area (TPSA) is 26.3 Å². The molecule has 0 aromatic rings. The second-order valence-corrected chi connectivity index (χ2v) is 4.36. The van der Waals surface area contributed by atoms with E-state index in [-0.39, 0.29) is 12.1 Å². The average molecular weight is 208 g/mol. The van der Waals surface area contributed by atoms with Crippen LogP contribution in [0.2, 0.25) is 0 Å². The van der Waals surface area contributed by atoms with E-state index >= 15 is 0 Å². The second kappa shape index (κ2) is 5.74. The minimum absolute atomic E-state index is 0.0440. The molecule has 0 bridgehead atoms. The molecule has 0 aromatic heterocycles. The van der Waals surface area contributed by atoms with E-state index in [1.165, 1.54) is 12.5 Å². The molecule has 0 saturated carbocycles. The molecule has 0 aromatic carbocycles. The summed E-state index contributed by atoms with van der Waals surface area (Å²) in [4.78, 5) is 11.0. The first-order valence-electron chi connectivity index (χ1n) is 5.57. The largest absolute Gasteiger partial charge is 0.458 e. The van der Waals surface area contributed by atoms with Crippen LogP contribution in [0.3, 0.4) is 0 Å². The first-order chi connectivity index (χ1) is 7.09. The fourth-order valence-electron chi connectivity index (χ4n) is 1.90. The fourth-order valence-corrected chi connectivity index (χ4v) is 1.90. The molecule has 15 heavy (non-hydrogen) atoms. The second-order valence-electron chi connectivity index (χ2n) is 4.36. The molecule has 0 amide bonds. The summed E-state index contributed by atoms with van der Waals surface area (Å²) in [6, 6.07) is 0. The highest BCUT2D eigenvalue weighted by molar-refractivity contribution is 5.66. The number of carbonyl (C=O) groups is 1. The lowest BCUT2D eigenvalue weighted by molar-refractivity contribution is -0.146. The highest BCUT2D eigenvalue weighted by Crippen LogP contribution is 2.25. The number of carbonyl (C=O) groups excluding carboxylic acids is 1. The molecule has 2 unspecified atom stereocenters. The van der Waals surface area contributed by atoms with Crippen LogP contribution in [0, 0.1) is 5.92 Å². The summed E-state index contributed by atoms with van der Waals surface area (Å²) in [6.45, 7) is 5.55. The zero-order chi connectivity index (χ0) is 11.3. The maximum Gasteiger partial charge on any atom is 0.303 e. The molecular weight excluding hydrogens is 188 g/mol. The van der Waals surface area contributed by atoms with Gasteiger partial charge in [0.1, 0.15) is 6.10 Å².